The number of benzene rings is 2. The molecule has 0 radical (unpaired) electrons. The average molecular weight is 372 g/mol. The topological polar surface area (TPSA) is 73.1 Å². The van der Waals surface area contributed by atoms with Crippen LogP contribution in [0.4, 0.5) is 5.82 Å². The molecule has 0 fully saturated rings. The first-order valence-electron chi connectivity index (χ1n) is 8.95. The van der Waals surface area contributed by atoms with E-state index < -0.39 is 0 Å². The van der Waals surface area contributed by atoms with Crippen molar-refractivity contribution in [2.75, 3.05) is 12.4 Å². The van der Waals surface area contributed by atoms with Crippen LogP contribution in [0, 0.1) is 6.92 Å². The molecule has 0 atom stereocenters. The summed E-state index contributed by atoms with van der Waals surface area (Å²) in [5.41, 5.74) is 4.01. The largest absolute Gasteiger partial charge is 0.497 e. The number of hydrogen-bond acceptors (Lipinski definition) is 6. The Balaban J connectivity index is 1.43. The van der Waals surface area contributed by atoms with Crippen molar-refractivity contribution >= 4 is 5.82 Å². The lowest BCUT2D eigenvalue weighted by molar-refractivity contribution is 0.414. The molecule has 0 aliphatic rings. The highest BCUT2D eigenvalue weighted by atomic mass is 16.5. The SMILES string of the molecule is COc1ccc(CNc2ccc(-c3nc(-c4cccc(C)c4)no3)cn2)cc1. The van der Waals surface area contributed by atoms with Crippen molar-refractivity contribution in [2.45, 2.75) is 13.5 Å². The predicted octanol–water partition coefficient (Wildman–Crippen LogP) is 4.73. The van der Waals surface area contributed by atoms with Gasteiger partial charge in [-0.25, -0.2) is 4.98 Å². The fraction of sp³-hybridized carbons (Fsp3) is 0.136. The third-order valence-corrected chi connectivity index (χ3v) is 4.35. The summed E-state index contributed by atoms with van der Waals surface area (Å²) in [6.07, 6.45) is 1.73. The Morgan fingerprint density at radius 1 is 1.00 bits per heavy atom. The van der Waals surface area contributed by atoms with Gasteiger partial charge in [0, 0.05) is 18.3 Å². The zero-order valence-corrected chi connectivity index (χ0v) is 15.7. The number of pyridine rings is 1. The van der Waals surface area contributed by atoms with E-state index in [4.69, 9.17) is 9.26 Å². The Bertz CT molecular complexity index is 1060. The highest BCUT2D eigenvalue weighted by Gasteiger charge is 2.11. The van der Waals surface area contributed by atoms with Crippen LogP contribution in [0.2, 0.25) is 0 Å². The van der Waals surface area contributed by atoms with Gasteiger partial charge in [0.05, 0.1) is 12.7 Å². The standard InChI is InChI=1S/C22H20N4O2/c1-15-4-3-5-17(12-15)21-25-22(28-26-21)18-8-11-20(24-14-18)23-13-16-6-9-19(27-2)10-7-16/h3-12,14H,13H2,1-2H3,(H,23,24). The van der Waals surface area contributed by atoms with Gasteiger partial charge in [-0.2, -0.15) is 4.98 Å². The van der Waals surface area contributed by atoms with E-state index in [1.54, 1.807) is 13.3 Å². The molecule has 6 nitrogen and oxygen atoms in total. The van der Waals surface area contributed by atoms with Crippen LogP contribution in [-0.4, -0.2) is 22.2 Å². The summed E-state index contributed by atoms with van der Waals surface area (Å²) in [6.45, 7) is 2.71. The van der Waals surface area contributed by atoms with Crippen LogP contribution in [0.5, 0.6) is 5.75 Å². The molecule has 0 amide bonds. The number of ether oxygens (including phenoxy) is 1. The van der Waals surface area contributed by atoms with Crippen LogP contribution in [-0.2, 0) is 6.54 Å². The van der Waals surface area contributed by atoms with Gasteiger partial charge in [-0.1, -0.05) is 41.1 Å². The van der Waals surface area contributed by atoms with Crippen molar-refractivity contribution in [3.8, 4) is 28.6 Å². The molecule has 1 N–H and O–H groups in total. The molecule has 2 aromatic heterocycles. The van der Waals surface area contributed by atoms with Gasteiger partial charge in [0.2, 0.25) is 5.82 Å². The molecule has 0 saturated carbocycles. The maximum absolute atomic E-state index is 5.40. The molecule has 4 aromatic rings. The Hall–Kier alpha value is -3.67. The van der Waals surface area contributed by atoms with Crippen molar-refractivity contribution in [1.82, 2.24) is 15.1 Å². The quantitative estimate of drug-likeness (QED) is 0.528. The summed E-state index contributed by atoms with van der Waals surface area (Å²) in [5, 5.41) is 7.37. The van der Waals surface area contributed by atoms with E-state index in [0.29, 0.717) is 18.3 Å². The first-order valence-corrected chi connectivity index (χ1v) is 8.95. The number of hydrogen-bond donors (Lipinski definition) is 1. The molecule has 0 saturated heterocycles. The van der Waals surface area contributed by atoms with E-state index >= 15 is 0 Å². The summed E-state index contributed by atoms with van der Waals surface area (Å²) in [4.78, 5) is 8.92. The molecule has 140 valence electrons. The second-order valence-electron chi connectivity index (χ2n) is 6.43. The van der Waals surface area contributed by atoms with E-state index in [1.807, 2.05) is 67.6 Å². The van der Waals surface area contributed by atoms with Crippen LogP contribution in [0.3, 0.4) is 0 Å². The second-order valence-corrected chi connectivity index (χ2v) is 6.43. The Morgan fingerprint density at radius 3 is 2.57 bits per heavy atom. The lowest BCUT2D eigenvalue weighted by Gasteiger charge is -2.06. The number of aromatic nitrogens is 3. The number of nitrogens with zero attached hydrogens (tertiary/aromatic N) is 3. The first-order chi connectivity index (χ1) is 13.7. The smallest absolute Gasteiger partial charge is 0.259 e. The molecule has 0 unspecified atom stereocenters. The molecular weight excluding hydrogens is 352 g/mol. The Labute approximate surface area is 163 Å². The van der Waals surface area contributed by atoms with E-state index in [9.17, 15) is 0 Å². The molecule has 4 rings (SSSR count). The van der Waals surface area contributed by atoms with Crippen LogP contribution in [0.1, 0.15) is 11.1 Å². The highest BCUT2D eigenvalue weighted by molar-refractivity contribution is 5.60. The van der Waals surface area contributed by atoms with Gasteiger partial charge < -0.3 is 14.6 Å². The molecule has 6 heteroatoms. The van der Waals surface area contributed by atoms with Gasteiger partial charge in [0.1, 0.15) is 11.6 Å². The number of aryl methyl sites for hydroxylation is 1. The summed E-state index contributed by atoms with van der Waals surface area (Å²) in [5.74, 6) is 2.64. The van der Waals surface area contributed by atoms with Crippen molar-refractivity contribution in [3.05, 3.63) is 78.0 Å². The van der Waals surface area contributed by atoms with Gasteiger partial charge in [-0.05, 0) is 42.8 Å². The van der Waals surface area contributed by atoms with E-state index in [0.717, 1.165) is 33.8 Å². The Kier molecular flexibility index (Phi) is 5.01. The van der Waals surface area contributed by atoms with Crippen LogP contribution in [0.25, 0.3) is 22.8 Å². The maximum atomic E-state index is 5.40. The number of methoxy groups -OCH3 is 1. The van der Waals surface area contributed by atoms with Crippen molar-refractivity contribution in [2.24, 2.45) is 0 Å². The summed E-state index contributed by atoms with van der Waals surface area (Å²) >= 11 is 0. The average Bonchev–Trinajstić information content (AvgIpc) is 3.23. The lowest BCUT2D eigenvalue weighted by Crippen LogP contribution is -2.01. The molecule has 0 bridgehead atoms. The molecule has 0 aliphatic carbocycles. The van der Waals surface area contributed by atoms with Crippen molar-refractivity contribution < 1.29 is 9.26 Å². The lowest BCUT2D eigenvalue weighted by atomic mass is 10.1. The minimum Gasteiger partial charge on any atom is -0.497 e. The summed E-state index contributed by atoms with van der Waals surface area (Å²) in [6, 6.07) is 19.7. The van der Waals surface area contributed by atoms with Gasteiger partial charge in [0.15, 0.2) is 0 Å². The molecule has 2 heterocycles. The summed E-state index contributed by atoms with van der Waals surface area (Å²) < 4.78 is 10.6. The molecule has 28 heavy (non-hydrogen) atoms. The van der Waals surface area contributed by atoms with Crippen molar-refractivity contribution in [1.29, 1.82) is 0 Å². The van der Waals surface area contributed by atoms with Crippen LogP contribution >= 0.6 is 0 Å². The van der Waals surface area contributed by atoms with Crippen LogP contribution < -0.4 is 10.1 Å². The normalized spacial score (nSPS) is 10.6. The molecule has 0 spiro atoms. The van der Waals surface area contributed by atoms with Gasteiger partial charge in [-0.15, -0.1) is 0 Å². The third-order valence-electron chi connectivity index (χ3n) is 4.35. The van der Waals surface area contributed by atoms with Gasteiger partial charge in [0.25, 0.3) is 5.89 Å². The molecule has 0 aliphatic heterocycles. The van der Waals surface area contributed by atoms with Gasteiger partial charge >= 0.3 is 0 Å². The minimum absolute atomic E-state index is 0.450. The van der Waals surface area contributed by atoms with Crippen molar-refractivity contribution in [3.63, 3.8) is 0 Å². The third kappa shape index (κ3) is 4.01. The zero-order chi connectivity index (χ0) is 19.3. The zero-order valence-electron chi connectivity index (χ0n) is 15.7. The van der Waals surface area contributed by atoms with E-state index in [1.165, 1.54) is 0 Å². The van der Waals surface area contributed by atoms with E-state index in [-0.39, 0.29) is 0 Å². The minimum atomic E-state index is 0.450. The molecular formula is C22H20N4O2. The van der Waals surface area contributed by atoms with Crippen LogP contribution in [0.15, 0.2) is 71.4 Å². The predicted molar refractivity (Wildman–Crippen MR) is 108 cm³/mol. The number of nitrogens with one attached hydrogen (secondary N) is 1. The molecule has 2 aromatic carbocycles. The monoisotopic (exact) mass is 372 g/mol. The first kappa shape index (κ1) is 17.7. The highest BCUT2D eigenvalue weighted by Crippen LogP contribution is 2.23. The maximum Gasteiger partial charge on any atom is 0.259 e. The fourth-order valence-electron chi connectivity index (χ4n) is 2.80. The number of rotatable bonds is 6. The fourth-order valence-corrected chi connectivity index (χ4v) is 2.80. The summed E-state index contributed by atoms with van der Waals surface area (Å²) in [7, 11) is 1.66. The second kappa shape index (κ2) is 7.92. The Morgan fingerprint density at radius 2 is 1.86 bits per heavy atom. The van der Waals surface area contributed by atoms with E-state index in [2.05, 4.69) is 20.4 Å². The van der Waals surface area contributed by atoms with Gasteiger partial charge in [-0.3, -0.25) is 0 Å². The number of anilines is 1.